The zero-order valence-electron chi connectivity index (χ0n) is 10.9. The minimum Gasteiger partial charge on any atom is -0.481 e. The van der Waals surface area contributed by atoms with E-state index in [2.05, 4.69) is 42.7 Å². The third-order valence-electron chi connectivity index (χ3n) is 2.37. The van der Waals surface area contributed by atoms with Crippen LogP contribution in [0.25, 0.3) is 0 Å². The Hall–Kier alpha value is -1.45. The number of rotatable bonds is 4. The Kier molecular flexibility index (Phi) is 5.92. The van der Waals surface area contributed by atoms with Gasteiger partial charge in [-0.2, -0.15) is 0 Å². The molecule has 0 aliphatic carbocycles. The Balaban J connectivity index is 1.79. The van der Waals surface area contributed by atoms with Crippen molar-refractivity contribution in [1.82, 2.24) is 10.9 Å². The van der Waals surface area contributed by atoms with E-state index in [1.165, 1.54) is 23.5 Å². The van der Waals surface area contributed by atoms with Crippen LogP contribution >= 0.6 is 43.2 Å². The second-order valence-electron chi connectivity index (χ2n) is 3.97. The number of hydrogen-bond acceptors (Lipinski definition) is 4. The Morgan fingerprint density at radius 3 is 2.59 bits per heavy atom. The molecule has 9 heteroatoms. The number of benzene rings is 1. The lowest BCUT2D eigenvalue weighted by Gasteiger charge is -2.08. The predicted molar refractivity (Wildman–Crippen MR) is 87.2 cm³/mol. The van der Waals surface area contributed by atoms with Gasteiger partial charge in [0.2, 0.25) is 0 Å². The molecular formula is C13H9Br2FN2O3S. The van der Waals surface area contributed by atoms with Crippen molar-refractivity contribution >= 4 is 55.0 Å². The summed E-state index contributed by atoms with van der Waals surface area (Å²) in [4.78, 5) is 23.7. The lowest BCUT2D eigenvalue weighted by atomic mass is 10.3. The number of hydrogen-bond donors (Lipinski definition) is 2. The molecule has 0 aliphatic rings. The minimum absolute atomic E-state index is 0.0492. The number of nitrogens with one attached hydrogen (secondary N) is 2. The molecule has 22 heavy (non-hydrogen) atoms. The van der Waals surface area contributed by atoms with Crippen LogP contribution < -0.4 is 15.6 Å². The maximum atomic E-state index is 13.5. The number of ether oxygens (including phenoxy) is 1. The number of amides is 2. The summed E-state index contributed by atoms with van der Waals surface area (Å²) in [5, 5.41) is 0. The monoisotopic (exact) mass is 450 g/mol. The molecule has 0 unspecified atom stereocenters. The number of halogens is 3. The van der Waals surface area contributed by atoms with Crippen LogP contribution in [0, 0.1) is 5.82 Å². The summed E-state index contributed by atoms with van der Waals surface area (Å²) in [7, 11) is 0. The van der Waals surface area contributed by atoms with E-state index < -0.39 is 24.2 Å². The highest BCUT2D eigenvalue weighted by Gasteiger charge is 2.11. The topological polar surface area (TPSA) is 67.4 Å². The Bertz CT molecular complexity index is 708. The zero-order valence-corrected chi connectivity index (χ0v) is 14.8. The van der Waals surface area contributed by atoms with E-state index in [0.29, 0.717) is 9.35 Å². The van der Waals surface area contributed by atoms with E-state index in [1.807, 2.05) is 0 Å². The molecule has 1 heterocycles. The van der Waals surface area contributed by atoms with Crippen molar-refractivity contribution in [3.63, 3.8) is 0 Å². The van der Waals surface area contributed by atoms with Crippen molar-refractivity contribution in [2.45, 2.75) is 0 Å². The molecule has 0 saturated carbocycles. The van der Waals surface area contributed by atoms with Crippen LogP contribution in [0.15, 0.2) is 38.6 Å². The van der Waals surface area contributed by atoms with Gasteiger partial charge in [0, 0.05) is 4.47 Å². The van der Waals surface area contributed by atoms with Gasteiger partial charge in [0.15, 0.2) is 18.2 Å². The van der Waals surface area contributed by atoms with Crippen LogP contribution in [0.3, 0.4) is 0 Å². The molecular weight excluding hydrogens is 443 g/mol. The quantitative estimate of drug-likeness (QED) is 0.701. The first-order valence-electron chi connectivity index (χ1n) is 5.88. The summed E-state index contributed by atoms with van der Waals surface area (Å²) in [6.07, 6.45) is 0. The summed E-state index contributed by atoms with van der Waals surface area (Å²) in [5.41, 5.74) is 4.43. The van der Waals surface area contributed by atoms with Crippen molar-refractivity contribution in [3.05, 3.63) is 49.3 Å². The highest BCUT2D eigenvalue weighted by atomic mass is 79.9. The molecule has 0 radical (unpaired) electrons. The van der Waals surface area contributed by atoms with Gasteiger partial charge >= 0.3 is 0 Å². The molecule has 1 aromatic carbocycles. The second kappa shape index (κ2) is 7.70. The minimum atomic E-state index is -0.605. The molecule has 0 saturated heterocycles. The summed E-state index contributed by atoms with van der Waals surface area (Å²) < 4.78 is 19.9. The van der Waals surface area contributed by atoms with Gasteiger partial charge < -0.3 is 4.74 Å². The molecule has 2 amide bonds. The first kappa shape index (κ1) is 16.9. The molecule has 0 aliphatic heterocycles. The van der Waals surface area contributed by atoms with E-state index in [0.717, 1.165) is 3.79 Å². The number of thiophene rings is 1. The Morgan fingerprint density at radius 2 is 1.95 bits per heavy atom. The van der Waals surface area contributed by atoms with E-state index >= 15 is 0 Å². The van der Waals surface area contributed by atoms with E-state index in [1.54, 1.807) is 18.2 Å². The summed E-state index contributed by atoms with van der Waals surface area (Å²) >= 11 is 7.58. The molecule has 2 N–H and O–H groups in total. The predicted octanol–water partition coefficient (Wildman–Crippen LogP) is 3.25. The fraction of sp³-hybridized carbons (Fsp3) is 0.0769. The lowest BCUT2D eigenvalue weighted by molar-refractivity contribution is -0.123. The molecule has 5 nitrogen and oxygen atoms in total. The van der Waals surface area contributed by atoms with E-state index in [-0.39, 0.29) is 5.75 Å². The highest BCUT2D eigenvalue weighted by Crippen LogP contribution is 2.22. The molecule has 0 atom stereocenters. The average Bonchev–Trinajstić information content (AvgIpc) is 2.90. The second-order valence-corrected chi connectivity index (χ2v) is 7.35. The number of carbonyl (C=O) groups excluding carboxylic acids is 2. The maximum absolute atomic E-state index is 13.5. The lowest BCUT2D eigenvalue weighted by Crippen LogP contribution is -2.43. The summed E-state index contributed by atoms with van der Waals surface area (Å²) in [5.74, 6) is -1.69. The van der Waals surface area contributed by atoms with Gasteiger partial charge in [0.05, 0.1) is 8.66 Å². The molecule has 0 spiro atoms. The zero-order chi connectivity index (χ0) is 16.1. The molecule has 2 aromatic rings. The largest absolute Gasteiger partial charge is 0.481 e. The fourth-order valence-electron chi connectivity index (χ4n) is 1.40. The number of carbonyl (C=O) groups is 2. The number of hydrazine groups is 1. The van der Waals surface area contributed by atoms with Crippen molar-refractivity contribution in [3.8, 4) is 5.75 Å². The van der Waals surface area contributed by atoms with Crippen molar-refractivity contribution in [2.24, 2.45) is 0 Å². The van der Waals surface area contributed by atoms with Crippen LogP contribution in [0.5, 0.6) is 5.75 Å². The summed E-state index contributed by atoms with van der Waals surface area (Å²) in [6, 6.07) is 7.55. The van der Waals surface area contributed by atoms with E-state index in [9.17, 15) is 14.0 Å². The van der Waals surface area contributed by atoms with Gasteiger partial charge in [0.1, 0.15) is 0 Å². The van der Waals surface area contributed by atoms with Crippen LogP contribution in [0.4, 0.5) is 4.39 Å². The molecule has 2 rings (SSSR count). The highest BCUT2D eigenvalue weighted by molar-refractivity contribution is 9.11. The molecule has 116 valence electrons. The summed E-state index contributed by atoms with van der Waals surface area (Å²) in [6.45, 7) is -0.424. The third-order valence-corrected chi connectivity index (χ3v) is 4.48. The Morgan fingerprint density at radius 1 is 1.18 bits per heavy atom. The molecule has 1 aromatic heterocycles. The fourth-order valence-corrected chi connectivity index (χ4v) is 3.01. The maximum Gasteiger partial charge on any atom is 0.279 e. The van der Waals surface area contributed by atoms with Crippen LogP contribution in [0.2, 0.25) is 0 Å². The van der Waals surface area contributed by atoms with Crippen molar-refractivity contribution < 1.29 is 18.7 Å². The van der Waals surface area contributed by atoms with Gasteiger partial charge in [-0.25, -0.2) is 4.39 Å². The first-order valence-corrected chi connectivity index (χ1v) is 8.28. The van der Waals surface area contributed by atoms with Crippen LogP contribution in [0.1, 0.15) is 9.67 Å². The third kappa shape index (κ3) is 4.79. The van der Waals surface area contributed by atoms with Gasteiger partial charge in [-0.3, -0.25) is 20.4 Å². The van der Waals surface area contributed by atoms with Crippen LogP contribution in [-0.4, -0.2) is 18.4 Å². The van der Waals surface area contributed by atoms with Crippen LogP contribution in [-0.2, 0) is 4.79 Å². The van der Waals surface area contributed by atoms with E-state index in [4.69, 9.17) is 4.74 Å². The molecule has 0 bridgehead atoms. The smallest absolute Gasteiger partial charge is 0.279 e. The first-order chi connectivity index (χ1) is 10.5. The standard InChI is InChI=1S/C13H9Br2FN2O3S/c14-7-1-2-9(8(16)5-7)21-6-12(19)17-18-13(20)10-3-4-11(15)22-10/h1-5H,6H2,(H,17,19)(H,18,20). The molecule has 0 fully saturated rings. The Labute approximate surface area is 146 Å². The van der Waals surface area contributed by atoms with Crippen molar-refractivity contribution in [1.29, 1.82) is 0 Å². The van der Waals surface area contributed by atoms with Gasteiger partial charge in [-0.1, -0.05) is 15.9 Å². The van der Waals surface area contributed by atoms with Gasteiger partial charge in [0.25, 0.3) is 11.8 Å². The normalized spacial score (nSPS) is 10.1. The SMILES string of the molecule is O=C(COc1ccc(Br)cc1F)NNC(=O)c1ccc(Br)s1. The van der Waals surface area contributed by atoms with Crippen molar-refractivity contribution in [2.75, 3.05) is 6.61 Å². The average molecular weight is 452 g/mol. The van der Waals surface area contributed by atoms with Gasteiger partial charge in [-0.05, 0) is 46.3 Å². The van der Waals surface area contributed by atoms with Gasteiger partial charge in [-0.15, -0.1) is 11.3 Å².